The number of nitrogens with one attached hydrogen (secondary N) is 2. The molecule has 0 saturated carbocycles. The Morgan fingerprint density at radius 1 is 1.33 bits per heavy atom. The van der Waals surface area contributed by atoms with Crippen molar-refractivity contribution in [1.82, 2.24) is 15.5 Å². The van der Waals surface area contributed by atoms with Crippen molar-refractivity contribution < 1.29 is 9.53 Å². The van der Waals surface area contributed by atoms with Crippen LogP contribution in [0.2, 0.25) is 0 Å². The predicted molar refractivity (Wildman–Crippen MR) is 96.3 cm³/mol. The van der Waals surface area contributed by atoms with Gasteiger partial charge in [0.2, 0.25) is 5.91 Å². The molecule has 0 aromatic heterocycles. The number of carbonyl (C=O) groups is 1. The third-order valence-corrected chi connectivity index (χ3v) is 3.90. The Bertz CT molecular complexity index is 533. The van der Waals surface area contributed by atoms with Crippen molar-refractivity contribution in [3.05, 3.63) is 30.3 Å². The van der Waals surface area contributed by atoms with Crippen molar-refractivity contribution in [3.8, 4) is 5.75 Å². The van der Waals surface area contributed by atoms with E-state index in [9.17, 15) is 4.79 Å². The van der Waals surface area contributed by atoms with Gasteiger partial charge in [0.25, 0.3) is 0 Å². The van der Waals surface area contributed by atoms with Crippen LogP contribution in [0, 0.1) is 0 Å². The van der Waals surface area contributed by atoms with Gasteiger partial charge in [-0.3, -0.25) is 4.79 Å². The van der Waals surface area contributed by atoms with Crippen LogP contribution in [0.5, 0.6) is 5.75 Å². The molecule has 1 aliphatic heterocycles. The number of nitrogens with zero attached hydrogens (tertiary/aromatic N) is 2. The van der Waals surface area contributed by atoms with Crippen molar-refractivity contribution in [2.75, 3.05) is 32.8 Å². The van der Waals surface area contributed by atoms with Gasteiger partial charge < -0.3 is 20.3 Å². The second-order valence-corrected chi connectivity index (χ2v) is 5.75. The van der Waals surface area contributed by atoms with Crippen LogP contribution in [0.3, 0.4) is 0 Å². The van der Waals surface area contributed by atoms with Crippen LogP contribution in [0.15, 0.2) is 35.3 Å². The van der Waals surface area contributed by atoms with Gasteiger partial charge in [-0.05, 0) is 25.5 Å². The highest BCUT2D eigenvalue weighted by atomic mass is 16.5. The minimum absolute atomic E-state index is 0.220. The number of hydrogen-bond donors (Lipinski definition) is 2. The Morgan fingerprint density at radius 3 is 2.83 bits per heavy atom. The Labute approximate surface area is 144 Å². The van der Waals surface area contributed by atoms with E-state index >= 15 is 0 Å². The van der Waals surface area contributed by atoms with Gasteiger partial charge in [-0.25, -0.2) is 4.99 Å². The standard InChI is InChI=1S/C18H28N4O2/c1-3-17(23)22-12-10-15(14-22)21-18(19-4-2)20-11-13-24-16-8-6-5-7-9-16/h5-9,15H,3-4,10-14H2,1-2H3,(H2,19,20,21). The number of carbonyl (C=O) groups excluding carboxylic acids is 1. The largest absolute Gasteiger partial charge is 0.492 e. The van der Waals surface area contributed by atoms with Crippen molar-refractivity contribution in [2.45, 2.75) is 32.7 Å². The Morgan fingerprint density at radius 2 is 2.12 bits per heavy atom. The molecule has 6 heteroatoms. The quantitative estimate of drug-likeness (QED) is 0.452. The number of ether oxygens (including phenoxy) is 1. The lowest BCUT2D eigenvalue weighted by atomic mass is 10.3. The number of para-hydroxylation sites is 1. The summed E-state index contributed by atoms with van der Waals surface area (Å²) >= 11 is 0. The van der Waals surface area contributed by atoms with Gasteiger partial charge in [-0.15, -0.1) is 0 Å². The molecule has 2 N–H and O–H groups in total. The molecule has 0 aliphatic carbocycles. The van der Waals surface area contributed by atoms with Gasteiger partial charge in [0.15, 0.2) is 5.96 Å². The molecule has 0 bridgehead atoms. The maximum atomic E-state index is 11.8. The third-order valence-electron chi connectivity index (χ3n) is 3.90. The summed E-state index contributed by atoms with van der Waals surface area (Å²) in [6.07, 6.45) is 1.52. The van der Waals surface area contributed by atoms with Crippen LogP contribution < -0.4 is 15.4 Å². The van der Waals surface area contributed by atoms with E-state index in [1.165, 1.54) is 0 Å². The summed E-state index contributed by atoms with van der Waals surface area (Å²) in [6.45, 7) is 7.43. The van der Waals surface area contributed by atoms with Gasteiger partial charge >= 0.3 is 0 Å². The first-order chi connectivity index (χ1) is 11.7. The molecule has 1 fully saturated rings. The predicted octanol–water partition coefficient (Wildman–Crippen LogP) is 1.63. The molecule has 0 spiro atoms. The number of amides is 1. The van der Waals surface area contributed by atoms with Crippen LogP contribution in [0.25, 0.3) is 0 Å². The van der Waals surface area contributed by atoms with E-state index in [0.29, 0.717) is 19.6 Å². The molecule has 1 unspecified atom stereocenters. The van der Waals surface area contributed by atoms with Crippen LogP contribution in [0.4, 0.5) is 0 Å². The van der Waals surface area contributed by atoms with Crippen molar-refractivity contribution >= 4 is 11.9 Å². The lowest BCUT2D eigenvalue weighted by molar-refractivity contribution is -0.129. The van der Waals surface area contributed by atoms with Gasteiger partial charge in [0.05, 0.1) is 6.54 Å². The number of likely N-dealkylation sites (tertiary alicyclic amines) is 1. The summed E-state index contributed by atoms with van der Waals surface area (Å²) in [6, 6.07) is 10.00. The van der Waals surface area contributed by atoms with E-state index in [1.807, 2.05) is 49.1 Å². The number of aliphatic imine (C=N–C) groups is 1. The summed E-state index contributed by atoms with van der Waals surface area (Å²) in [5.41, 5.74) is 0. The van der Waals surface area contributed by atoms with E-state index in [2.05, 4.69) is 15.6 Å². The molecule has 6 nitrogen and oxygen atoms in total. The number of hydrogen-bond acceptors (Lipinski definition) is 3. The highest BCUT2D eigenvalue weighted by Crippen LogP contribution is 2.10. The third kappa shape index (κ3) is 5.76. The fourth-order valence-electron chi connectivity index (χ4n) is 2.68. The molecule has 2 rings (SSSR count). The highest BCUT2D eigenvalue weighted by molar-refractivity contribution is 5.80. The molecule has 1 aliphatic rings. The first-order valence-corrected chi connectivity index (χ1v) is 8.73. The van der Waals surface area contributed by atoms with Crippen LogP contribution in [-0.2, 0) is 4.79 Å². The summed E-state index contributed by atoms with van der Waals surface area (Å²) in [5, 5.41) is 6.66. The molecule has 1 amide bonds. The SMILES string of the molecule is CCNC(=NCCOc1ccccc1)NC1CCN(C(=O)CC)C1. The molecule has 1 heterocycles. The summed E-state index contributed by atoms with van der Waals surface area (Å²) in [7, 11) is 0. The lowest BCUT2D eigenvalue weighted by Crippen LogP contribution is -2.45. The van der Waals surface area contributed by atoms with E-state index in [1.54, 1.807) is 0 Å². The van der Waals surface area contributed by atoms with Crippen molar-refractivity contribution in [3.63, 3.8) is 0 Å². The normalized spacial score (nSPS) is 17.7. The van der Waals surface area contributed by atoms with Crippen molar-refractivity contribution in [1.29, 1.82) is 0 Å². The first kappa shape index (κ1) is 18.1. The monoisotopic (exact) mass is 332 g/mol. The molecule has 132 valence electrons. The molecule has 1 aromatic rings. The Hall–Kier alpha value is -2.24. The molecule has 1 atom stereocenters. The molecule has 1 saturated heterocycles. The lowest BCUT2D eigenvalue weighted by Gasteiger charge is -2.18. The van der Waals surface area contributed by atoms with Gasteiger partial charge in [0.1, 0.15) is 12.4 Å². The van der Waals surface area contributed by atoms with Gasteiger partial charge in [0, 0.05) is 32.1 Å². The van der Waals surface area contributed by atoms with Crippen LogP contribution >= 0.6 is 0 Å². The molecular weight excluding hydrogens is 304 g/mol. The number of guanidine groups is 1. The second kappa shape index (κ2) is 9.80. The maximum Gasteiger partial charge on any atom is 0.222 e. The van der Waals surface area contributed by atoms with Crippen molar-refractivity contribution in [2.24, 2.45) is 4.99 Å². The minimum atomic E-state index is 0.220. The molecule has 0 radical (unpaired) electrons. The average Bonchev–Trinajstić information content (AvgIpc) is 3.07. The molecule has 1 aromatic carbocycles. The number of rotatable bonds is 7. The van der Waals surface area contributed by atoms with Gasteiger partial charge in [-0.2, -0.15) is 0 Å². The molecular formula is C18H28N4O2. The van der Waals surface area contributed by atoms with E-state index in [4.69, 9.17) is 4.74 Å². The smallest absolute Gasteiger partial charge is 0.222 e. The minimum Gasteiger partial charge on any atom is -0.492 e. The Balaban J connectivity index is 1.77. The summed E-state index contributed by atoms with van der Waals surface area (Å²) in [5.74, 6) is 1.86. The zero-order valence-corrected chi connectivity index (χ0v) is 14.6. The van der Waals surface area contributed by atoms with Gasteiger partial charge in [-0.1, -0.05) is 25.1 Å². The van der Waals surface area contributed by atoms with E-state index in [0.717, 1.165) is 37.8 Å². The fraction of sp³-hybridized carbons (Fsp3) is 0.556. The second-order valence-electron chi connectivity index (χ2n) is 5.75. The van der Waals surface area contributed by atoms with Crippen LogP contribution in [0.1, 0.15) is 26.7 Å². The van der Waals surface area contributed by atoms with E-state index in [-0.39, 0.29) is 11.9 Å². The summed E-state index contributed by atoms with van der Waals surface area (Å²) in [4.78, 5) is 18.2. The topological polar surface area (TPSA) is 66.0 Å². The Kier molecular flexibility index (Phi) is 7.39. The first-order valence-electron chi connectivity index (χ1n) is 8.73. The van der Waals surface area contributed by atoms with Crippen LogP contribution in [-0.4, -0.2) is 55.6 Å². The fourth-order valence-corrected chi connectivity index (χ4v) is 2.68. The highest BCUT2D eigenvalue weighted by Gasteiger charge is 2.25. The molecule has 24 heavy (non-hydrogen) atoms. The number of benzene rings is 1. The zero-order chi connectivity index (χ0) is 17.2. The maximum absolute atomic E-state index is 11.8. The van der Waals surface area contributed by atoms with E-state index < -0.39 is 0 Å². The zero-order valence-electron chi connectivity index (χ0n) is 14.6. The average molecular weight is 332 g/mol. The summed E-state index contributed by atoms with van der Waals surface area (Å²) < 4.78 is 5.65.